The molecule has 0 unspecified atom stereocenters. The Hall–Kier alpha value is -4.08. The van der Waals surface area contributed by atoms with E-state index in [0.29, 0.717) is 18.7 Å². The average molecular weight is 451 g/mol. The van der Waals surface area contributed by atoms with Crippen LogP contribution in [0.1, 0.15) is 39.4 Å². The molecule has 2 aromatic carbocycles. The summed E-state index contributed by atoms with van der Waals surface area (Å²) in [6, 6.07) is 10.2. The first-order chi connectivity index (χ1) is 15.9. The van der Waals surface area contributed by atoms with Crippen LogP contribution in [0.4, 0.5) is 20.2 Å². The van der Waals surface area contributed by atoms with E-state index in [1.807, 2.05) is 0 Å². The van der Waals surface area contributed by atoms with E-state index in [9.17, 15) is 23.2 Å². The Bertz CT molecular complexity index is 1280. The van der Waals surface area contributed by atoms with Crippen molar-refractivity contribution in [2.24, 2.45) is 5.73 Å². The second-order valence-electron chi connectivity index (χ2n) is 7.89. The summed E-state index contributed by atoms with van der Waals surface area (Å²) < 4.78 is 29.9. The minimum Gasteiger partial charge on any atom is -0.364 e. The number of nitrogens with zero attached hydrogens (tertiary/aromatic N) is 4. The van der Waals surface area contributed by atoms with Crippen molar-refractivity contribution >= 4 is 29.1 Å². The molecule has 2 aliphatic rings. The Morgan fingerprint density at radius 2 is 1.55 bits per heavy atom. The van der Waals surface area contributed by atoms with Crippen LogP contribution in [0.5, 0.6) is 0 Å². The number of carbonyl (C=O) groups excluding carboxylic acids is 3. The predicted molar refractivity (Wildman–Crippen MR) is 115 cm³/mol. The van der Waals surface area contributed by atoms with Gasteiger partial charge in [0.25, 0.3) is 11.8 Å². The number of amides is 3. The predicted octanol–water partition coefficient (Wildman–Crippen LogP) is 2.58. The van der Waals surface area contributed by atoms with E-state index >= 15 is 0 Å². The van der Waals surface area contributed by atoms with Gasteiger partial charge in [-0.3, -0.25) is 14.4 Å². The van der Waals surface area contributed by atoms with Gasteiger partial charge in [0, 0.05) is 36.4 Å². The number of benzene rings is 2. The number of primary amides is 1. The van der Waals surface area contributed by atoms with Crippen LogP contribution in [0, 0.1) is 11.6 Å². The smallest absolute Gasteiger partial charge is 0.277 e. The fourth-order valence-corrected chi connectivity index (χ4v) is 4.39. The first kappa shape index (κ1) is 20.8. The highest BCUT2D eigenvalue weighted by atomic mass is 19.1. The number of anilines is 2. The van der Waals surface area contributed by atoms with Gasteiger partial charge in [-0.25, -0.2) is 13.5 Å². The molecular formula is C23H19F2N5O3. The molecule has 3 aromatic rings. The Morgan fingerprint density at radius 3 is 2.12 bits per heavy atom. The fraction of sp³-hybridized carbons (Fsp3) is 0.217. The molecule has 0 atom stereocenters. The molecule has 1 aromatic heterocycles. The van der Waals surface area contributed by atoms with E-state index in [0.717, 1.165) is 28.9 Å². The molecule has 1 fully saturated rings. The van der Waals surface area contributed by atoms with Crippen LogP contribution in [0.3, 0.4) is 0 Å². The summed E-state index contributed by atoms with van der Waals surface area (Å²) in [6.07, 6.45) is 1.53. The van der Waals surface area contributed by atoms with Crippen LogP contribution >= 0.6 is 0 Å². The maximum atomic E-state index is 14.5. The summed E-state index contributed by atoms with van der Waals surface area (Å²) in [6.45, 7) is 0.868. The zero-order chi connectivity index (χ0) is 23.3. The minimum atomic E-state index is -0.930. The van der Waals surface area contributed by atoms with Crippen LogP contribution in [0.15, 0.2) is 42.5 Å². The first-order valence-electron chi connectivity index (χ1n) is 10.4. The van der Waals surface area contributed by atoms with Gasteiger partial charge in [-0.05, 0) is 49.2 Å². The number of aromatic nitrogens is 2. The van der Waals surface area contributed by atoms with Crippen LogP contribution in [0.2, 0.25) is 0 Å². The third kappa shape index (κ3) is 3.34. The molecule has 2 N–H and O–H groups in total. The topological polar surface area (TPSA) is 102 Å². The molecule has 3 amide bonds. The molecule has 0 aliphatic carbocycles. The van der Waals surface area contributed by atoms with Crippen LogP contribution in [0.25, 0.3) is 5.69 Å². The monoisotopic (exact) mass is 451 g/mol. The molecule has 1 saturated heterocycles. The Kier molecular flexibility index (Phi) is 4.92. The lowest BCUT2D eigenvalue weighted by molar-refractivity contribution is -0.117. The molecule has 2 aliphatic heterocycles. The number of hydrogen-bond donors (Lipinski definition) is 1. The van der Waals surface area contributed by atoms with E-state index in [1.54, 1.807) is 29.2 Å². The van der Waals surface area contributed by atoms with Crippen molar-refractivity contribution in [2.75, 3.05) is 22.9 Å². The van der Waals surface area contributed by atoms with Gasteiger partial charge in [-0.1, -0.05) is 6.07 Å². The van der Waals surface area contributed by atoms with Crippen molar-refractivity contribution < 1.29 is 23.2 Å². The summed E-state index contributed by atoms with van der Waals surface area (Å²) in [7, 11) is 0. The molecule has 0 spiro atoms. The zero-order valence-corrected chi connectivity index (χ0v) is 17.4. The van der Waals surface area contributed by atoms with Crippen molar-refractivity contribution in [1.82, 2.24) is 9.78 Å². The largest absolute Gasteiger partial charge is 0.364 e. The third-order valence-electron chi connectivity index (χ3n) is 5.95. The number of hydrogen-bond acceptors (Lipinski definition) is 4. The molecule has 0 saturated carbocycles. The van der Waals surface area contributed by atoms with Crippen LogP contribution < -0.4 is 15.5 Å². The molecule has 8 nitrogen and oxygen atoms in total. The fourth-order valence-electron chi connectivity index (χ4n) is 4.39. The molecule has 33 heavy (non-hydrogen) atoms. The van der Waals surface area contributed by atoms with E-state index in [1.165, 1.54) is 11.0 Å². The van der Waals surface area contributed by atoms with Gasteiger partial charge in [-0.15, -0.1) is 0 Å². The highest BCUT2D eigenvalue weighted by Crippen LogP contribution is 2.31. The summed E-state index contributed by atoms with van der Waals surface area (Å²) >= 11 is 0. The Balaban J connectivity index is 1.56. The number of nitrogens with two attached hydrogens (primary N) is 1. The average Bonchev–Trinajstić information content (AvgIpc) is 3.39. The summed E-state index contributed by atoms with van der Waals surface area (Å²) in [5, 5.41) is 4.01. The molecule has 3 heterocycles. The standard InChI is InChI=1S/C23H19F2N5O3/c24-16-3-1-4-17(25)21(16)30-20-15(19(27-30)22(26)32)10-12-29(23(20)33)14-8-6-13(7-9-14)28-11-2-5-18(28)31/h1,3-4,6-9H,2,5,10-12H2,(H2,26,32). The normalized spacial score (nSPS) is 15.8. The number of para-hydroxylation sites is 1. The Morgan fingerprint density at radius 1 is 0.909 bits per heavy atom. The van der Waals surface area contributed by atoms with E-state index in [4.69, 9.17) is 5.73 Å². The molecule has 5 rings (SSSR count). The maximum absolute atomic E-state index is 14.5. The van der Waals surface area contributed by atoms with Crippen LogP contribution in [-0.2, 0) is 11.2 Å². The van der Waals surface area contributed by atoms with Crippen LogP contribution in [-0.4, -0.2) is 40.6 Å². The zero-order valence-electron chi connectivity index (χ0n) is 17.4. The highest BCUT2D eigenvalue weighted by Gasteiger charge is 2.36. The summed E-state index contributed by atoms with van der Waals surface area (Å²) in [4.78, 5) is 40.5. The molecule has 0 bridgehead atoms. The number of rotatable bonds is 4. The van der Waals surface area contributed by atoms with E-state index < -0.39 is 29.1 Å². The van der Waals surface area contributed by atoms with Crippen molar-refractivity contribution in [3.63, 3.8) is 0 Å². The first-order valence-corrected chi connectivity index (χ1v) is 10.4. The number of halogens is 2. The van der Waals surface area contributed by atoms with Crippen molar-refractivity contribution in [1.29, 1.82) is 0 Å². The lowest BCUT2D eigenvalue weighted by atomic mass is 10.0. The third-order valence-corrected chi connectivity index (χ3v) is 5.95. The second-order valence-corrected chi connectivity index (χ2v) is 7.89. The van der Waals surface area contributed by atoms with Crippen molar-refractivity contribution in [2.45, 2.75) is 19.3 Å². The summed E-state index contributed by atoms with van der Waals surface area (Å²) in [5.41, 5.74) is 6.10. The van der Waals surface area contributed by atoms with Gasteiger partial charge < -0.3 is 15.5 Å². The second kappa shape index (κ2) is 7.80. The quantitative estimate of drug-likeness (QED) is 0.659. The Labute approximate surface area is 187 Å². The SMILES string of the molecule is NC(=O)c1nn(-c2c(F)cccc2F)c2c1CCN(c1ccc(N3CCCC3=O)cc1)C2=O. The van der Waals surface area contributed by atoms with Crippen molar-refractivity contribution in [3.8, 4) is 5.69 Å². The molecule has 10 heteroatoms. The lowest BCUT2D eigenvalue weighted by Crippen LogP contribution is -2.39. The van der Waals surface area contributed by atoms with Gasteiger partial charge in [0.15, 0.2) is 17.3 Å². The highest BCUT2D eigenvalue weighted by molar-refractivity contribution is 6.09. The van der Waals surface area contributed by atoms with Gasteiger partial charge in [0.05, 0.1) is 0 Å². The van der Waals surface area contributed by atoms with E-state index in [-0.39, 0.29) is 35.8 Å². The minimum absolute atomic E-state index is 0.0521. The van der Waals surface area contributed by atoms with Gasteiger partial charge >= 0.3 is 0 Å². The van der Waals surface area contributed by atoms with Gasteiger partial charge in [-0.2, -0.15) is 5.10 Å². The number of fused-ring (bicyclic) bond motifs is 1. The maximum Gasteiger partial charge on any atom is 0.277 e. The van der Waals surface area contributed by atoms with Gasteiger partial charge in [0.2, 0.25) is 5.91 Å². The lowest BCUT2D eigenvalue weighted by Gasteiger charge is -2.28. The molecule has 0 radical (unpaired) electrons. The molecule has 168 valence electrons. The van der Waals surface area contributed by atoms with E-state index in [2.05, 4.69) is 5.10 Å². The van der Waals surface area contributed by atoms with Crippen molar-refractivity contribution in [3.05, 3.63) is 71.1 Å². The van der Waals surface area contributed by atoms with Gasteiger partial charge in [0.1, 0.15) is 11.4 Å². The number of carbonyl (C=O) groups is 3. The summed E-state index contributed by atoms with van der Waals surface area (Å²) in [5.74, 6) is -3.26. The molecular weight excluding hydrogens is 432 g/mol.